The second-order valence-corrected chi connectivity index (χ2v) is 4.39. The molecule has 1 aromatic carbocycles. The number of thiocarbonyl (C=S) groups is 1. The lowest BCUT2D eigenvalue weighted by Gasteiger charge is -2.21. The number of rotatable bonds is 3. The Morgan fingerprint density at radius 1 is 1.47 bits per heavy atom. The molecule has 0 aliphatic heterocycles. The van der Waals surface area contributed by atoms with Gasteiger partial charge in [0.1, 0.15) is 0 Å². The van der Waals surface area contributed by atoms with Gasteiger partial charge >= 0.3 is 0 Å². The van der Waals surface area contributed by atoms with Crippen LogP contribution in [0.1, 0.15) is 17.5 Å². The summed E-state index contributed by atoms with van der Waals surface area (Å²) in [4.78, 5) is 1.88. The van der Waals surface area contributed by atoms with E-state index in [9.17, 15) is 0 Å². The van der Waals surface area contributed by atoms with Crippen LogP contribution < -0.4 is 5.32 Å². The third-order valence-electron chi connectivity index (χ3n) is 2.75. The second-order valence-electron chi connectivity index (χ2n) is 4.01. The van der Waals surface area contributed by atoms with E-state index in [1.807, 2.05) is 24.1 Å². The van der Waals surface area contributed by atoms with Crippen molar-refractivity contribution in [1.29, 1.82) is 5.26 Å². The van der Waals surface area contributed by atoms with Gasteiger partial charge in [-0.2, -0.15) is 5.26 Å². The van der Waals surface area contributed by atoms with E-state index < -0.39 is 0 Å². The largest absolute Gasteiger partial charge is 0.351 e. The lowest BCUT2D eigenvalue weighted by molar-refractivity contribution is 0.523. The van der Waals surface area contributed by atoms with E-state index in [2.05, 4.69) is 31.3 Å². The fourth-order valence-corrected chi connectivity index (χ4v) is 1.62. The van der Waals surface area contributed by atoms with E-state index in [4.69, 9.17) is 17.5 Å². The van der Waals surface area contributed by atoms with Gasteiger partial charge in [-0.05, 0) is 43.3 Å². The van der Waals surface area contributed by atoms with E-state index in [0.29, 0.717) is 18.1 Å². The molecule has 0 unspecified atom stereocenters. The van der Waals surface area contributed by atoms with Gasteiger partial charge in [0.15, 0.2) is 5.11 Å². The van der Waals surface area contributed by atoms with Gasteiger partial charge in [-0.1, -0.05) is 12.1 Å². The Labute approximate surface area is 108 Å². The molecule has 0 heterocycles. The molecular formula is C13H17N3S. The molecule has 0 spiro atoms. The van der Waals surface area contributed by atoms with Crippen molar-refractivity contribution >= 4 is 23.0 Å². The summed E-state index contributed by atoms with van der Waals surface area (Å²) in [6.45, 7) is 4.78. The van der Waals surface area contributed by atoms with Gasteiger partial charge in [0.2, 0.25) is 0 Å². The zero-order valence-electron chi connectivity index (χ0n) is 10.4. The highest BCUT2D eigenvalue weighted by atomic mass is 32.1. The monoisotopic (exact) mass is 247 g/mol. The first-order valence-corrected chi connectivity index (χ1v) is 5.92. The fourth-order valence-electron chi connectivity index (χ4n) is 1.42. The van der Waals surface area contributed by atoms with Crippen molar-refractivity contribution in [2.24, 2.45) is 0 Å². The molecule has 0 saturated carbocycles. The van der Waals surface area contributed by atoms with Crippen LogP contribution in [-0.4, -0.2) is 23.6 Å². The summed E-state index contributed by atoms with van der Waals surface area (Å²) in [5, 5.41) is 12.4. The molecule has 0 radical (unpaired) electrons. The van der Waals surface area contributed by atoms with Crippen LogP contribution in [0.3, 0.4) is 0 Å². The number of anilines is 1. The Balaban J connectivity index is 2.68. The number of nitrogens with one attached hydrogen (secondary N) is 1. The zero-order chi connectivity index (χ0) is 12.8. The van der Waals surface area contributed by atoms with Crippen molar-refractivity contribution in [3.63, 3.8) is 0 Å². The second kappa shape index (κ2) is 6.21. The van der Waals surface area contributed by atoms with E-state index in [-0.39, 0.29) is 0 Å². The maximum atomic E-state index is 8.53. The molecule has 1 N–H and O–H groups in total. The van der Waals surface area contributed by atoms with Crippen LogP contribution in [-0.2, 0) is 0 Å². The maximum absolute atomic E-state index is 8.53. The lowest BCUT2D eigenvalue weighted by atomic mass is 10.1. The molecule has 0 aliphatic carbocycles. The number of nitrogens with zero attached hydrogens (tertiary/aromatic N) is 2. The number of nitriles is 1. The van der Waals surface area contributed by atoms with Gasteiger partial charge in [0, 0.05) is 19.3 Å². The molecule has 1 aromatic rings. The summed E-state index contributed by atoms with van der Waals surface area (Å²) in [7, 11) is 1.89. The van der Waals surface area contributed by atoms with Crippen molar-refractivity contribution in [1.82, 2.24) is 4.90 Å². The van der Waals surface area contributed by atoms with Crippen molar-refractivity contribution < 1.29 is 0 Å². The average Bonchev–Trinajstić information content (AvgIpc) is 2.31. The van der Waals surface area contributed by atoms with Gasteiger partial charge < -0.3 is 10.2 Å². The third kappa shape index (κ3) is 3.72. The van der Waals surface area contributed by atoms with Crippen molar-refractivity contribution in [3.8, 4) is 6.07 Å². The molecular weight excluding hydrogens is 230 g/mol. The predicted molar refractivity (Wildman–Crippen MR) is 75.0 cm³/mol. The average molecular weight is 247 g/mol. The van der Waals surface area contributed by atoms with Crippen LogP contribution in [0.5, 0.6) is 0 Å². The topological polar surface area (TPSA) is 39.1 Å². The van der Waals surface area contributed by atoms with Crippen molar-refractivity contribution in [2.75, 3.05) is 18.9 Å². The fraction of sp³-hybridized carbons (Fsp3) is 0.385. The first kappa shape index (κ1) is 13.5. The maximum Gasteiger partial charge on any atom is 0.173 e. The van der Waals surface area contributed by atoms with Crippen LogP contribution >= 0.6 is 12.2 Å². The Morgan fingerprint density at radius 2 is 2.18 bits per heavy atom. The van der Waals surface area contributed by atoms with Crippen LogP contribution in [0.2, 0.25) is 0 Å². The summed E-state index contributed by atoms with van der Waals surface area (Å²) in [5.74, 6) is 0. The Morgan fingerprint density at radius 3 is 2.82 bits per heavy atom. The van der Waals surface area contributed by atoms with Crippen molar-refractivity contribution in [3.05, 3.63) is 29.3 Å². The van der Waals surface area contributed by atoms with Gasteiger partial charge in [-0.25, -0.2) is 0 Å². The quantitative estimate of drug-likeness (QED) is 0.834. The van der Waals surface area contributed by atoms with Crippen LogP contribution in [0.25, 0.3) is 0 Å². The highest BCUT2D eigenvalue weighted by Crippen LogP contribution is 2.18. The molecule has 3 nitrogen and oxygen atoms in total. The van der Waals surface area contributed by atoms with Crippen LogP contribution in [0.15, 0.2) is 18.2 Å². The van der Waals surface area contributed by atoms with Crippen LogP contribution in [0.4, 0.5) is 5.69 Å². The number of hydrogen-bond acceptors (Lipinski definition) is 2. The van der Waals surface area contributed by atoms with Gasteiger partial charge in [0.05, 0.1) is 12.5 Å². The minimum Gasteiger partial charge on any atom is -0.351 e. The van der Waals surface area contributed by atoms with Gasteiger partial charge in [0.25, 0.3) is 0 Å². The molecule has 4 heteroatoms. The first-order chi connectivity index (χ1) is 8.06. The molecule has 0 atom stereocenters. The Kier molecular flexibility index (Phi) is 4.92. The standard InChI is InChI=1S/C13H17N3S/c1-10-6-4-7-12(11(10)2)15-13(17)16(3)9-5-8-14/h4,6-7H,5,9H2,1-3H3,(H,15,17). The number of aryl methyl sites for hydroxylation is 1. The smallest absolute Gasteiger partial charge is 0.173 e. The number of hydrogen-bond donors (Lipinski definition) is 1. The van der Waals surface area contributed by atoms with Crippen molar-refractivity contribution in [2.45, 2.75) is 20.3 Å². The molecule has 0 aromatic heterocycles. The van der Waals surface area contributed by atoms with E-state index in [1.54, 1.807) is 0 Å². The molecule has 0 amide bonds. The molecule has 1 rings (SSSR count). The molecule has 0 bridgehead atoms. The normalized spacial score (nSPS) is 9.53. The van der Waals surface area contributed by atoms with E-state index in [0.717, 1.165) is 5.69 Å². The SMILES string of the molecule is Cc1cccc(NC(=S)N(C)CCC#N)c1C. The minimum absolute atomic E-state index is 0.477. The Bertz CT molecular complexity index is 448. The summed E-state index contributed by atoms with van der Waals surface area (Å²) in [6, 6.07) is 8.19. The van der Waals surface area contributed by atoms with Crippen LogP contribution in [0, 0.1) is 25.2 Å². The molecule has 90 valence electrons. The summed E-state index contributed by atoms with van der Waals surface area (Å²) in [6.07, 6.45) is 0.477. The lowest BCUT2D eigenvalue weighted by Crippen LogP contribution is -2.32. The zero-order valence-corrected chi connectivity index (χ0v) is 11.3. The molecule has 0 saturated heterocycles. The highest BCUT2D eigenvalue weighted by molar-refractivity contribution is 7.80. The van der Waals surface area contributed by atoms with E-state index in [1.165, 1.54) is 11.1 Å². The third-order valence-corrected chi connectivity index (χ3v) is 3.17. The summed E-state index contributed by atoms with van der Waals surface area (Å²) < 4.78 is 0. The summed E-state index contributed by atoms with van der Waals surface area (Å²) in [5.41, 5.74) is 3.46. The predicted octanol–water partition coefficient (Wildman–Crippen LogP) is 2.85. The molecule has 0 aliphatic rings. The highest BCUT2D eigenvalue weighted by Gasteiger charge is 2.06. The first-order valence-electron chi connectivity index (χ1n) is 5.51. The molecule has 0 fully saturated rings. The number of benzene rings is 1. The van der Waals surface area contributed by atoms with E-state index >= 15 is 0 Å². The summed E-state index contributed by atoms with van der Waals surface area (Å²) >= 11 is 5.28. The molecule has 17 heavy (non-hydrogen) atoms. The minimum atomic E-state index is 0.477. The van der Waals surface area contributed by atoms with Gasteiger partial charge in [-0.15, -0.1) is 0 Å². The van der Waals surface area contributed by atoms with Gasteiger partial charge in [-0.3, -0.25) is 0 Å². The Hall–Kier alpha value is -1.60.